The van der Waals surface area contributed by atoms with Gasteiger partial charge in [-0.1, -0.05) is 18.1 Å². The Morgan fingerprint density at radius 2 is 1.90 bits per heavy atom. The van der Waals surface area contributed by atoms with E-state index in [2.05, 4.69) is 16.1 Å². The average Bonchev–Trinajstić information content (AvgIpc) is 3.07. The van der Waals surface area contributed by atoms with Gasteiger partial charge in [0, 0.05) is 45.1 Å². The van der Waals surface area contributed by atoms with Crippen molar-refractivity contribution in [3.05, 3.63) is 35.4 Å². The Kier molecular flexibility index (Phi) is 6.89. The lowest BCUT2D eigenvalue weighted by Crippen LogP contribution is -2.51. The van der Waals surface area contributed by atoms with Crippen molar-refractivity contribution < 1.29 is 27.4 Å². The number of fused-ring (bicyclic) bond motifs is 2. The number of alkyl halides is 3. The summed E-state index contributed by atoms with van der Waals surface area (Å²) in [6, 6.07) is 5.40. The summed E-state index contributed by atoms with van der Waals surface area (Å²) in [6.07, 6.45) is 3.48. The van der Waals surface area contributed by atoms with Crippen LogP contribution in [0.2, 0.25) is 0 Å². The Hall–Kier alpha value is -1.63. The molecule has 1 aromatic carbocycles. The van der Waals surface area contributed by atoms with Crippen LogP contribution in [0.25, 0.3) is 0 Å². The third-order valence-corrected chi connectivity index (χ3v) is 6.40. The van der Waals surface area contributed by atoms with E-state index in [0.717, 1.165) is 63.5 Å². The molecule has 5 nitrogen and oxygen atoms in total. The van der Waals surface area contributed by atoms with Crippen LogP contribution in [0.5, 0.6) is 0 Å². The lowest BCUT2D eigenvalue weighted by atomic mass is 9.93. The molecule has 1 aromatic rings. The SMILES string of the molecule is C#C[C@H]1O[C@]2(CCc3ccc(C(F)(F)F)cc3)CC[C@H](NCCN3CCOCC3)[C@@H]1O2. The van der Waals surface area contributed by atoms with Gasteiger partial charge in [0.15, 0.2) is 5.79 Å². The number of hydrogen-bond donors (Lipinski definition) is 1. The highest BCUT2D eigenvalue weighted by molar-refractivity contribution is 5.25. The largest absolute Gasteiger partial charge is 0.416 e. The van der Waals surface area contributed by atoms with Gasteiger partial charge in [-0.25, -0.2) is 0 Å². The molecule has 0 amide bonds. The van der Waals surface area contributed by atoms with Gasteiger partial charge >= 0.3 is 6.18 Å². The molecule has 3 saturated heterocycles. The number of hydrogen-bond acceptors (Lipinski definition) is 5. The molecule has 4 atom stereocenters. The zero-order valence-corrected chi connectivity index (χ0v) is 17.5. The van der Waals surface area contributed by atoms with E-state index in [-0.39, 0.29) is 12.1 Å². The molecule has 4 rings (SSSR count). The Bertz CT molecular complexity index is 774. The maximum atomic E-state index is 12.8. The molecule has 0 aromatic heterocycles. The molecule has 0 unspecified atom stereocenters. The third kappa shape index (κ3) is 5.41. The van der Waals surface area contributed by atoms with Gasteiger partial charge in [0.05, 0.1) is 18.8 Å². The number of halogens is 3. The van der Waals surface area contributed by atoms with Crippen LogP contribution in [0.4, 0.5) is 13.2 Å². The van der Waals surface area contributed by atoms with E-state index in [4.69, 9.17) is 20.6 Å². The number of nitrogens with zero attached hydrogens (tertiary/aromatic N) is 1. The zero-order chi connectivity index (χ0) is 21.9. The first-order valence-corrected chi connectivity index (χ1v) is 10.9. The Labute approximate surface area is 181 Å². The summed E-state index contributed by atoms with van der Waals surface area (Å²) in [6.45, 7) is 5.27. The average molecular weight is 438 g/mol. The van der Waals surface area contributed by atoms with Crippen molar-refractivity contribution in [2.45, 2.75) is 55.9 Å². The van der Waals surface area contributed by atoms with Crippen LogP contribution in [0.1, 0.15) is 30.4 Å². The number of ether oxygens (including phenoxy) is 3. The molecule has 0 radical (unpaired) electrons. The fourth-order valence-corrected chi connectivity index (χ4v) is 4.60. The van der Waals surface area contributed by atoms with Crippen LogP contribution in [-0.4, -0.2) is 68.3 Å². The maximum Gasteiger partial charge on any atom is 0.416 e. The molecule has 0 saturated carbocycles. The first-order chi connectivity index (χ1) is 14.9. The molecule has 2 bridgehead atoms. The number of benzene rings is 1. The highest BCUT2D eigenvalue weighted by atomic mass is 19.4. The van der Waals surface area contributed by atoms with Gasteiger partial charge in [-0.2, -0.15) is 13.2 Å². The topological polar surface area (TPSA) is 43.0 Å². The minimum Gasteiger partial charge on any atom is -0.379 e. The van der Waals surface area contributed by atoms with E-state index in [9.17, 15) is 13.2 Å². The quantitative estimate of drug-likeness (QED) is 0.664. The highest BCUT2D eigenvalue weighted by Crippen LogP contribution is 2.43. The monoisotopic (exact) mass is 438 g/mol. The van der Waals surface area contributed by atoms with Crippen molar-refractivity contribution in [3.8, 4) is 12.3 Å². The second kappa shape index (κ2) is 9.47. The molecule has 0 aliphatic carbocycles. The van der Waals surface area contributed by atoms with E-state index < -0.39 is 23.6 Å². The second-order valence-corrected chi connectivity index (χ2v) is 8.45. The van der Waals surface area contributed by atoms with E-state index in [1.807, 2.05) is 0 Å². The molecular formula is C23H29F3N2O3. The van der Waals surface area contributed by atoms with Gasteiger partial charge in [-0.05, 0) is 30.5 Å². The molecule has 1 N–H and O–H groups in total. The van der Waals surface area contributed by atoms with Gasteiger partial charge in [-0.15, -0.1) is 6.42 Å². The number of morpholine rings is 1. The van der Waals surface area contributed by atoms with Gasteiger partial charge < -0.3 is 19.5 Å². The zero-order valence-electron chi connectivity index (χ0n) is 17.5. The summed E-state index contributed by atoms with van der Waals surface area (Å²) >= 11 is 0. The summed E-state index contributed by atoms with van der Waals surface area (Å²) in [5.41, 5.74) is 0.181. The fourth-order valence-electron chi connectivity index (χ4n) is 4.60. The normalized spacial score (nSPS) is 31.5. The minimum atomic E-state index is -4.32. The smallest absolute Gasteiger partial charge is 0.379 e. The van der Waals surface area contributed by atoms with Gasteiger partial charge in [0.2, 0.25) is 0 Å². The lowest BCUT2D eigenvalue weighted by Gasteiger charge is -2.36. The Morgan fingerprint density at radius 3 is 2.58 bits per heavy atom. The first-order valence-electron chi connectivity index (χ1n) is 10.9. The van der Waals surface area contributed by atoms with Crippen molar-refractivity contribution in [1.82, 2.24) is 10.2 Å². The highest BCUT2D eigenvalue weighted by Gasteiger charge is 2.53. The maximum absolute atomic E-state index is 12.8. The minimum absolute atomic E-state index is 0.129. The summed E-state index contributed by atoms with van der Waals surface area (Å²) in [4.78, 5) is 2.37. The molecule has 3 fully saturated rings. The van der Waals surface area contributed by atoms with Gasteiger partial charge in [0.25, 0.3) is 0 Å². The van der Waals surface area contributed by atoms with E-state index >= 15 is 0 Å². The van der Waals surface area contributed by atoms with Gasteiger partial charge in [-0.3, -0.25) is 4.90 Å². The summed E-state index contributed by atoms with van der Waals surface area (Å²) < 4.78 is 56.1. The van der Waals surface area contributed by atoms with Crippen LogP contribution >= 0.6 is 0 Å². The van der Waals surface area contributed by atoms with E-state index in [1.165, 1.54) is 12.1 Å². The molecule has 170 valence electrons. The second-order valence-electron chi connectivity index (χ2n) is 8.45. The van der Waals surface area contributed by atoms with Crippen LogP contribution in [-0.2, 0) is 26.8 Å². The van der Waals surface area contributed by atoms with Crippen molar-refractivity contribution in [1.29, 1.82) is 0 Å². The fraction of sp³-hybridized carbons (Fsp3) is 0.652. The third-order valence-electron chi connectivity index (χ3n) is 6.40. The van der Waals surface area contributed by atoms with E-state index in [0.29, 0.717) is 19.3 Å². The van der Waals surface area contributed by atoms with Gasteiger partial charge in [0.1, 0.15) is 12.2 Å². The number of terminal acetylenes is 1. The Morgan fingerprint density at radius 1 is 1.16 bits per heavy atom. The number of rotatable bonds is 7. The summed E-state index contributed by atoms with van der Waals surface area (Å²) in [7, 11) is 0. The van der Waals surface area contributed by atoms with Crippen molar-refractivity contribution in [3.63, 3.8) is 0 Å². The number of nitrogens with one attached hydrogen (secondary N) is 1. The van der Waals surface area contributed by atoms with Crippen molar-refractivity contribution in [2.75, 3.05) is 39.4 Å². The molecule has 3 aliphatic heterocycles. The van der Waals surface area contributed by atoms with Crippen LogP contribution in [0.3, 0.4) is 0 Å². The van der Waals surface area contributed by atoms with Crippen molar-refractivity contribution >= 4 is 0 Å². The number of aryl methyl sites for hydroxylation is 1. The lowest BCUT2D eigenvalue weighted by molar-refractivity contribution is -0.199. The molecule has 8 heteroatoms. The predicted octanol–water partition coefficient (Wildman–Crippen LogP) is 2.84. The first kappa shape index (κ1) is 22.6. The Balaban J connectivity index is 1.30. The molecular weight excluding hydrogens is 409 g/mol. The van der Waals surface area contributed by atoms with Crippen LogP contribution < -0.4 is 5.32 Å². The summed E-state index contributed by atoms with van der Waals surface area (Å²) in [5.74, 6) is 1.96. The predicted molar refractivity (Wildman–Crippen MR) is 109 cm³/mol. The summed E-state index contributed by atoms with van der Waals surface area (Å²) in [5, 5.41) is 3.58. The van der Waals surface area contributed by atoms with E-state index in [1.54, 1.807) is 0 Å². The molecule has 0 spiro atoms. The molecule has 3 aliphatic rings. The van der Waals surface area contributed by atoms with Crippen LogP contribution in [0.15, 0.2) is 24.3 Å². The molecule has 3 heterocycles. The van der Waals surface area contributed by atoms with Crippen molar-refractivity contribution in [2.24, 2.45) is 0 Å². The molecule has 31 heavy (non-hydrogen) atoms. The van der Waals surface area contributed by atoms with Crippen LogP contribution in [0, 0.1) is 12.3 Å². The standard InChI is InChI=1S/C23H29F3N2O3/c1-2-20-21-19(27-11-12-28-13-15-29-16-14-28)8-10-22(30-20,31-21)9-7-17-3-5-18(6-4-17)23(24,25)26/h1,3-6,19-21,27H,7-16H2/t19-,20+,21-,22-/m0/s1.